The zero-order valence-corrected chi connectivity index (χ0v) is 16.3. The molecule has 0 aliphatic carbocycles. The van der Waals surface area contributed by atoms with Crippen LogP contribution in [0.1, 0.15) is 24.3 Å². The average Bonchev–Trinajstić information content (AvgIpc) is 3.20. The third-order valence-electron chi connectivity index (χ3n) is 3.69. The summed E-state index contributed by atoms with van der Waals surface area (Å²) in [7, 11) is 0. The van der Waals surface area contributed by atoms with Crippen molar-refractivity contribution in [1.82, 2.24) is 10.6 Å². The van der Waals surface area contributed by atoms with Crippen LogP contribution < -0.4 is 16.0 Å². The Morgan fingerprint density at radius 3 is 2.81 bits per heavy atom. The van der Waals surface area contributed by atoms with Crippen LogP contribution in [0.5, 0.6) is 0 Å². The van der Waals surface area contributed by atoms with Gasteiger partial charge in [0.2, 0.25) is 5.91 Å². The zero-order chi connectivity index (χ0) is 19.7. The number of nitrogens with one attached hydrogen (secondary N) is 3. The largest absolute Gasteiger partial charge is 0.383 e. The van der Waals surface area contributed by atoms with Crippen molar-refractivity contribution in [3.05, 3.63) is 52.2 Å². The molecule has 0 aliphatic heterocycles. The Balaban J connectivity index is 1.94. The Hall–Kier alpha value is -2.82. The maximum atomic E-state index is 12.1. The van der Waals surface area contributed by atoms with Crippen molar-refractivity contribution >= 4 is 28.9 Å². The lowest BCUT2D eigenvalue weighted by molar-refractivity contribution is -0.114. The van der Waals surface area contributed by atoms with Crippen molar-refractivity contribution in [3.63, 3.8) is 0 Å². The monoisotopic (exact) mass is 384 g/mol. The molecule has 0 saturated carbocycles. The molecular formula is C20H24N4O2S. The van der Waals surface area contributed by atoms with Crippen LogP contribution in [-0.2, 0) is 10.4 Å². The second kappa shape index (κ2) is 9.76. The summed E-state index contributed by atoms with van der Waals surface area (Å²) in [6, 6.07) is 10.8. The van der Waals surface area contributed by atoms with Crippen LogP contribution in [0.4, 0.5) is 5.69 Å². The van der Waals surface area contributed by atoms with Crippen molar-refractivity contribution in [2.24, 2.45) is 4.99 Å². The first-order chi connectivity index (χ1) is 12.9. The Kier molecular flexibility index (Phi) is 7.41. The second-order valence-corrected chi connectivity index (χ2v) is 7.02. The van der Waals surface area contributed by atoms with E-state index in [0.717, 1.165) is 4.88 Å². The van der Waals surface area contributed by atoms with Crippen molar-refractivity contribution in [2.75, 3.05) is 25.0 Å². The number of hydrogen-bond donors (Lipinski definition) is 4. The highest BCUT2D eigenvalue weighted by atomic mass is 32.1. The van der Waals surface area contributed by atoms with Crippen LogP contribution in [0.15, 0.2) is 46.8 Å². The summed E-state index contributed by atoms with van der Waals surface area (Å²) in [5.41, 5.74) is 0.300. The highest BCUT2D eigenvalue weighted by Gasteiger charge is 2.24. The Bertz CT molecular complexity index is 823. The summed E-state index contributed by atoms with van der Waals surface area (Å²) >= 11 is 1.49. The molecule has 1 aromatic heterocycles. The third kappa shape index (κ3) is 6.44. The van der Waals surface area contributed by atoms with Crippen molar-refractivity contribution in [2.45, 2.75) is 19.4 Å². The van der Waals surface area contributed by atoms with Gasteiger partial charge in [-0.25, -0.2) is 4.99 Å². The van der Waals surface area contributed by atoms with Gasteiger partial charge in [-0.1, -0.05) is 18.1 Å². The van der Waals surface area contributed by atoms with Crippen LogP contribution >= 0.6 is 11.3 Å². The lowest BCUT2D eigenvalue weighted by Gasteiger charge is -2.23. The van der Waals surface area contributed by atoms with Gasteiger partial charge < -0.3 is 21.1 Å². The molecule has 1 unspecified atom stereocenters. The highest BCUT2D eigenvalue weighted by molar-refractivity contribution is 7.10. The van der Waals surface area contributed by atoms with Crippen LogP contribution in [0.2, 0.25) is 0 Å². The van der Waals surface area contributed by atoms with Gasteiger partial charge in [0.05, 0.1) is 6.54 Å². The number of amides is 1. The van der Waals surface area contributed by atoms with Gasteiger partial charge in [-0.15, -0.1) is 17.8 Å². The van der Waals surface area contributed by atoms with Crippen molar-refractivity contribution in [3.8, 4) is 12.3 Å². The summed E-state index contributed by atoms with van der Waals surface area (Å²) in [6.45, 7) is 4.52. The fourth-order valence-corrected chi connectivity index (χ4v) is 3.09. The zero-order valence-electron chi connectivity index (χ0n) is 15.5. The number of nitrogens with zero attached hydrogens (tertiary/aromatic N) is 1. The van der Waals surface area contributed by atoms with Crippen LogP contribution in [-0.4, -0.2) is 36.6 Å². The number of guanidine groups is 1. The minimum Gasteiger partial charge on any atom is -0.383 e. The minimum absolute atomic E-state index is 0.0588. The van der Waals surface area contributed by atoms with E-state index in [9.17, 15) is 9.90 Å². The van der Waals surface area contributed by atoms with E-state index in [2.05, 4.69) is 26.9 Å². The average molecular weight is 385 g/mol. The molecule has 1 heterocycles. The first kappa shape index (κ1) is 20.5. The van der Waals surface area contributed by atoms with E-state index in [1.54, 1.807) is 31.2 Å². The molecule has 142 valence electrons. The smallest absolute Gasteiger partial charge is 0.246 e. The number of benzene rings is 1. The predicted octanol–water partition coefficient (Wildman–Crippen LogP) is 2.13. The van der Waals surface area contributed by atoms with Crippen LogP contribution in [0.25, 0.3) is 0 Å². The Morgan fingerprint density at radius 1 is 1.33 bits per heavy atom. The van der Waals surface area contributed by atoms with E-state index in [0.29, 0.717) is 23.8 Å². The fourth-order valence-electron chi connectivity index (χ4n) is 2.31. The second-order valence-electron chi connectivity index (χ2n) is 6.07. The van der Waals surface area contributed by atoms with Gasteiger partial charge in [0.1, 0.15) is 12.1 Å². The van der Waals surface area contributed by atoms with E-state index >= 15 is 0 Å². The topological polar surface area (TPSA) is 85.8 Å². The quantitative estimate of drug-likeness (QED) is 0.335. The molecule has 1 atom stereocenters. The van der Waals surface area contributed by atoms with E-state index in [1.165, 1.54) is 11.3 Å². The molecule has 0 bridgehead atoms. The molecule has 0 fully saturated rings. The molecule has 0 aliphatic rings. The number of carbonyl (C=O) groups is 1. The predicted molar refractivity (Wildman–Crippen MR) is 111 cm³/mol. The summed E-state index contributed by atoms with van der Waals surface area (Å²) in [5, 5.41) is 21.4. The van der Waals surface area contributed by atoms with Gasteiger partial charge in [0.25, 0.3) is 0 Å². The highest BCUT2D eigenvalue weighted by Crippen LogP contribution is 2.24. The normalized spacial score (nSPS) is 13.3. The molecule has 2 rings (SSSR count). The van der Waals surface area contributed by atoms with E-state index in [1.807, 2.05) is 24.4 Å². The molecular weight excluding hydrogens is 360 g/mol. The fraction of sp³-hybridized carbons (Fsp3) is 0.300. The lowest BCUT2D eigenvalue weighted by Crippen LogP contribution is -2.44. The molecule has 2 aromatic rings. The van der Waals surface area contributed by atoms with E-state index in [4.69, 9.17) is 6.42 Å². The number of rotatable bonds is 7. The molecule has 4 N–H and O–H groups in total. The molecule has 27 heavy (non-hydrogen) atoms. The van der Waals surface area contributed by atoms with E-state index < -0.39 is 5.60 Å². The molecule has 0 spiro atoms. The standard InChI is InChI=1S/C20H24N4O2S/c1-4-15-8-6-9-16(12-15)24-18(25)13-22-19(21-5-2)23-14-20(3,26)17-10-7-11-27-17/h1,6-12,26H,5,13-14H2,2-3H3,(H,24,25)(H2,21,22,23). The molecule has 0 radical (unpaired) electrons. The Morgan fingerprint density at radius 2 is 2.15 bits per heavy atom. The number of terminal acetylenes is 1. The summed E-state index contributed by atoms with van der Waals surface area (Å²) in [4.78, 5) is 17.3. The van der Waals surface area contributed by atoms with Crippen molar-refractivity contribution < 1.29 is 9.90 Å². The maximum Gasteiger partial charge on any atom is 0.246 e. The van der Waals surface area contributed by atoms with Crippen molar-refractivity contribution in [1.29, 1.82) is 0 Å². The molecule has 0 saturated heterocycles. The number of thiophene rings is 1. The van der Waals surface area contributed by atoms with Gasteiger partial charge >= 0.3 is 0 Å². The minimum atomic E-state index is -1.03. The Labute approximate surface area is 163 Å². The number of aliphatic hydroxyl groups is 1. The summed E-state index contributed by atoms with van der Waals surface area (Å²) in [5.74, 6) is 2.73. The van der Waals surface area contributed by atoms with Crippen LogP contribution in [0, 0.1) is 12.3 Å². The van der Waals surface area contributed by atoms with Gasteiger partial charge in [0.15, 0.2) is 5.96 Å². The SMILES string of the molecule is C#Cc1cccc(NC(=O)CN=C(NCC)NCC(C)(O)c2cccs2)c1. The first-order valence-corrected chi connectivity index (χ1v) is 9.47. The maximum absolute atomic E-state index is 12.1. The molecule has 6 nitrogen and oxygen atoms in total. The molecule has 1 amide bonds. The van der Waals surface area contributed by atoms with Gasteiger partial charge in [0, 0.05) is 22.7 Å². The number of anilines is 1. The van der Waals surface area contributed by atoms with Gasteiger partial charge in [-0.3, -0.25) is 4.79 Å². The number of hydrogen-bond acceptors (Lipinski definition) is 4. The summed E-state index contributed by atoms with van der Waals surface area (Å²) < 4.78 is 0. The third-order valence-corrected chi connectivity index (χ3v) is 4.81. The van der Waals surface area contributed by atoms with E-state index in [-0.39, 0.29) is 19.0 Å². The number of aliphatic imine (C=N–C) groups is 1. The van der Waals surface area contributed by atoms with Gasteiger partial charge in [-0.2, -0.15) is 0 Å². The summed E-state index contributed by atoms with van der Waals surface area (Å²) in [6.07, 6.45) is 5.36. The first-order valence-electron chi connectivity index (χ1n) is 8.59. The van der Waals surface area contributed by atoms with Crippen LogP contribution in [0.3, 0.4) is 0 Å². The number of carbonyl (C=O) groups excluding carboxylic acids is 1. The lowest BCUT2D eigenvalue weighted by atomic mass is 10.1. The molecule has 7 heteroatoms. The molecule has 1 aromatic carbocycles. The van der Waals surface area contributed by atoms with Gasteiger partial charge in [-0.05, 0) is 43.5 Å².